The van der Waals surface area contributed by atoms with E-state index < -0.39 is 17.6 Å². The van der Waals surface area contributed by atoms with Crippen molar-refractivity contribution in [2.75, 3.05) is 0 Å². The summed E-state index contributed by atoms with van der Waals surface area (Å²) < 4.78 is 33.2. The van der Waals surface area contributed by atoms with E-state index in [1.807, 2.05) is 12.1 Å². The number of rotatable bonds is 4. The van der Waals surface area contributed by atoms with Gasteiger partial charge in [-0.15, -0.1) is 11.3 Å². The first kappa shape index (κ1) is 19.4. The summed E-state index contributed by atoms with van der Waals surface area (Å²) in [6.07, 6.45) is 3.11. The van der Waals surface area contributed by atoms with Crippen LogP contribution in [-0.4, -0.2) is 25.8 Å². The Bertz CT molecular complexity index is 1320. The summed E-state index contributed by atoms with van der Waals surface area (Å²) in [4.78, 5) is 16.7. The molecule has 0 spiro atoms. The second-order valence-electron chi connectivity index (χ2n) is 7.12. The number of esters is 1. The molecule has 0 amide bonds. The number of ether oxygens (including phenoxy) is 1. The number of hydrogen-bond acceptors (Lipinski definition) is 6. The minimum absolute atomic E-state index is 0.0739. The summed E-state index contributed by atoms with van der Waals surface area (Å²) in [5, 5.41) is 16.1. The van der Waals surface area contributed by atoms with Gasteiger partial charge in [0.1, 0.15) is 5.75 Å². The average molecular weight is 439 g/mol. The molecule has 0 aliphatic heterocycles. The summed E-state index contributed by atoms with van der Waals surface area (Å²) in [7, 11) is 0. The molecule has 0 fully saturated rings. The van der Waals surface area contributed by atoms with Gasteiger partial charge in [0.25, 0.3) is 0 Å². The van der Waals surface area contributed by atoms with E-state index >= 15 is 0 Å². The third-order valence-corrected chi connectivity index (χ3v) is 5.88. The second-order valence-corrected chi connectivity index (χ2v) is 7.95. The van der Waals surface area contributed by atoms with Crippen molar-refractivity contribution in [3.63, 3.8) is 0 Å². The van der Waals surface area contributed by atoms with Gasteiger partial charge in [-0.05, 0) is 60.7 Å². The van der Waals surface area contributed by atoms with Crippen LogP contribution >= 0.6 is 11.3 Å². The van der Waals surface area contributed by atoms with Crippen molar-refractivity contribution >= 4 is 17.3 Å². The van der Waals surface area contributed by atoms with Crippen LogP contribution in [0.25, 0.3) is 16.4 Å². The number of aryl methyl sites for hydroxylation is 2. The van der Waals surface area contributed by atoms with Crippen LogP contribution in [0.2, 0.25) is 0 Å². The maximum absolute atomic E-state index is 13.5. The van der Waals surface area contributed by atoms with E-state index in [2.05, 4.69) is 10.1 Å². The van der Waals surface area contributed by atoms with Crippen molar-refractivity contribution in [3.8, 4) is 28.0 Å². The van der Waals surface area contributed by atoms with Crippen molar-refractivity contribution in [1.82, 2.24) is 14.8 Å². The first-order valence-corrected chi connectivity index (χ1v) is 10.4. The van der Waals surface area contributed by atoms with Crippen LogP contribution in [0.15, 0.2) is 47.8 Å². The summed E-state index contributed by atoms with van der Waals surface area (Å²) in [5.74, 6) is -2.40. The van der Waals surface area contributed by atoms with Crippen LogP contribution in [0.1, 0.15) is 28.0 Å². The Morgan fingerprint density at radius 1 is 1.06 bits per heavy atom. The van der Waals surface area contributed by atoms with E-state index in [-0.39, 0.29) is 22.4 Å². The smallest absolute Gasteiger partial charge is 0.363 e. The third-order valence-electron chi connectivity index (χ3n) is 5.07. The Balaban J connectivity index is 1.37. The van der Waals surface area contributed by atoms with Crippen LogP contribution in [0.3, 0.4) is 0 Å². The van der Waals surface area contributed by atoms with Gasteiger partial charge in [0, 0.05) is 17.0 Å². The van der Waals surface area contributed by atoms with Crippen molar-refractivity contribution < 1.29 is 23.4 Å². The van der Waals surface area contributed by atoms with Gasteiger partial charge in [0.2, 0.25) is 11.0 Å². The lowest BCUT2D eigenvalue weighted by atomic mass is 10.1. The fraction of sp³-hybridized carbons (Fsp3) is 0.136. The zero-order chi connectivity index (χ0) is 21.5. The summed E-state index contributed by atoms with van der Waals surface area (Å²) in [5.41, 5.74) is 3.07. The van der Waals surface area contributed by atoms with E-state index in [1.54, 1.807) is 6.07 Å². The number of fused-ring (bicyclic) bond motifs is 1. The number of carbonyl (C=O) groups excluding carboxylic acids is 1. The molecule has 5 rings (SSSR count). The lowest BCUT2D eigenvalue weighted by Gasteiger charge is -2.05. The predicted octanol–water partition coefficient (Wildman–Crippen LogP) is 4.69. The molecule has 0 radical (unpaired) electrons. The molecule has 156 valence electrons. The minimum atomic E-state index is -1.02. The molecule has 0 bridgehead atoms. The van der Waals surface area contributed by atoms with E-state index in [1.165, 1.54) is 28.6 Å². The van der Waals surface area contributed by atoms with E-state index in [0.717, 1.165) is 47.4 Å². The van der Waals surface area contributed by atoms with Crippen molar-refractivity contribution in [3.05, 3.63) is 76.3 Å². The van der Waals surface area contributed by atoms with Crippen LogP contribution in [-0.2, 0) is 12.8 Å². The molecule has 2 aromatic heterocycles. The number of halogens is 2. The Morgan fingerprint density at radius 3 is 2.74 bits per heavy atom. The van der Waals surface area contributed by atoms with Gasteiger partial charge in [0.15, 0.2) is 17.3 Å². The van der Waals surface area contributed by atoms with Gasteiger partial charge >= 0.3 is 5.97 Å². The van der Waals surface area contributed by atoms with Gasteiger partial charge in [-0.2, -0.15) is 9.78 Å². The molecule has 0 saturated carbocycles. The second kappa shape index (κ2) is 7.59. The molecule has 2 heterocycles. The fourth-order valence-corrected chi connectivity index (χ4v) is 4.29. The first-order chi connectivity index (χ1) is 15.0. The zero-order valence-electron chi connectivity index (χ0n) is 16.0. The number of aromatic nitrogens is 3. The van der Waals surface area contributed by atoms with Gasteiger partial charge in [-0.3, -0.25) is 0 Å². The maximum atomic E-state index is 13.5. The third kappa shape index (κ3) is 3.68. The normalized spacial score (nSPS) is 12.7. The van der Waals surface area contributed by atoms with Crippen molar-refractivity contribution in [1.29, 1.82) is 0 Å². The number of aromatic hydroxyl groups is 1. The minimum Gasteiger partial charge on any atom is -0.493 e. The van der Waals surface area contributed by atoms with E-state index in [0.29, 0.717) is 11.3 Å². The number of nitrogens with zero attached hydrogens (tertiary/aromatic N) is 3. The zero-order valence-corrected chi connectivity index (χ0v) is 16.8. The standard InChI is InChI=1S/C22H15F2N3O3S/c23-16-7-5-14(9-17(16)24)18-10-20(28)27(26-18)22-25-19(11-31-22)21(29)30-15-6-4-12-2-1-3-13(12)8-15/h4-11,28H,1-3H2. The van der Waals surface area contributed by atoms with Crippen LogP contribution in [0.5, 0.6) is 11.6 Å². The Kier molecular flexibility index (Phi) is 4.74. The quantitative estimate of drug-likeness (QED) is 0.369. The SMILES string of the molecule is O=C(Oc1ccc2c(c1)CCC2)c1csc(-n2nc(-c3ccc(F)c(F)c3)cc2O)n1. The van der Waals surface area contributed by atoms with Gasteiger partial charge in [0.05, 0.1) is 5.69 Å². The van der Waals surface area contributed by atoms with Crippen molar-refractivity contribution in [2.45, 2.75) is 19.3 Å². The van der Waals surface area contributed by atoms with Gasteiger partial charge in [-0.1, -0.05) is 6.07 Å². The van der Waals surface area contributed by atoms with Gasteiger partial charge < -0.3 is 9.84 Å². The molecule has 31 heavy (non-hydrogen) atoms. The summed E-state index contributed by atoms with van der Waals surface area (Å²) in [6, 6.07) is 10.2. The Labute approximate surface area is 179 Å². The Hall–Kier alpha value is -3.59. The van der Waals surface area contributed by atoms with E-state index in [4.69, 9.17) is 4.74 Å². The Morgan fingerprint density at radius 2 is 1.90 bits per heavy atom. The fourth-order valence-electron chi connectivity index (χ4n) is 3.53. The van der Waals surface area contributed by atoms with Crippen LogP contribution in [0, 0.1) is 11.6 Å². The van der Waals surface area contributed by atoms with E-state index in [9.17, 15) is 18.7 Å². The average Bonchev–Trinajstić information content (AvgIpc) is 3.48. The largest absolute Gasteiger partial charge is 0.493 e. The molecule has 4 aromatic rings. The number of carbonyl (C=O) groups is 1. The van der Waals surface area contributed by atoms with Crippen LogP contribution in [0.4, 0.5) is 8.78 Å². The highest BCUT2D eigenvalue weighted by Gasteiger charge is 2.19. The molecule has 1 N–H and O–H groups in total. The highest BCUT2D eigenvalue weighted by molar-refractivity contribution is 7.12. The molecule has 0 unspecified atom stereocenters. The lowest BCUT2D eigenvalue weighted by molar-refractivity contribution is 0.0729. The molecule has 9 heteroatoms. The number of hydrogen-bond donors (Lipinski definition) is 1. The molecule has 6 nitrogen and oxygen atoms in total. The van der Waals surface area contributed by atoms with Crippen molar-refractivity contribution in [2.24, 2.45) is 0 Å². The number of benzene rings is 2. The molecule has 1 aliphatic rings. The molecule has 0 atom stereocenters. The summed E-state index contributed by atoms with van der Waals surface area (Å²) >= 11 is 1.08. The molecular formula is C22H15F2N3O3S. The molecule has 1 aliphatic carbocycles. The lowest BCUT2D eigenvalue weighted by Crippen LogP contribution is -2.09. The molecule has 2 aromatic carbocycles. The highest BCUT2D eigenvalue weighted by atomic mass is 32.1. The number of thiazole rings is 1. The highest BCUT2D eigenvalue weighted by Crippen LogP contribution is 2.29. The van der Waals surface area contributed by atoms with Crippen LogP contribution < -0.4 is 4.74 Å². The monoisotopic (exact) mass is 439 g/mol. The summed E-state index contributed by atoms with van der Waals surface area (Å²) in [6.45, 7) is 0. The van der Waals surface area contributed by atoms with Gasteiger partial charge in [-0.25, -0.2) is 18.6 Å². The molecule has 0 saturated heterocycles. The maximum Gasteiger partial charge on any atom is 0.363 e. The topological polar surface area (TPSA) is 77.2 Å². The molecular weight excluding hydrogens is 424 g/mol. The first-order valence-electron chi connectivity index (χ1n) is 9.52. The predicted molar refractivity (Wildman–Crippen MR) is 110 cm³/mol.